The van der Waals surface area contributed by atoms with Crippen LogP contribution < -0.4 is 5.32 Å². The van der Waals surface area contributed by atoms with Gasteiger partial charge in [-0.05, 0) is 49.5 Å². The summed E-state index contributed by atoms with van der Waals surface area (Å²) in [4.78, 5) is 2.56. The van der Waals surface area contributed by atoms with E-state index in [1.807, 2.05) is 0 Å². The molecule has 1 atom stereocenters. The SMILES string of the molecule is CC1(C)CC(N(CCO)CC2CCCN2)CC(C)(C)C1. The van der Waals surface area contributed by atoms with E-state index in [1.54, 1.807) is 0 Å². The molecule has 3 heteroatoms. The average Bonchev–Trinajstić information content (AvgIpc) is 2.77. The molecule has 0 aromatic heterocycles. The first kappa shape index (κ1) is 16.3. The summed E-state index contributed by atoms with van der Waals surface area (Å²) < 4.78 is 0. The van der Waals surface area contributed by atoms with Gasteiger partial charge in [0.05, 0.1) is 6.61 Å². The zero-order chi connectivity index (χ0) is 14.8. The van der Waals surface area contributed by atoms with Crippen LogP contribution in [0.3, 0.4) is 0 Å². The Hall–Kier alpha value is -0.120. The molecular weight excluding hydrogens is 248 g/mol. The number of hydrogen-bond donors (Lipinski definition) is 2. The van der Waals surface area contributed by atoms with Crippen molar-refractivity contribution >= 4 is 0 Å². The van der Waals surface area contributed by atoms with Crippen LogP contribution in [0.15, 0.2) is 0 Å². The zero-order valence-corrected chi connectivity index (χ0v) is 13.9. The molecule has 1 heterocycles. The van der Waals surface area contributed by atoms with E-state index in [4.69, 9.17) is 0 Å². The lowest BCUT2D eigenvalue weighted by Crippen LogP contribution is -2.50. The fourth-order valence-corrected chi connectivity index (χ4v) is 4.79. The van der Waals surface area contributed by atoms with E-state index in [2.05, 4.69) is 37.9 Å². The number of hydrogen-bond acceptors (Lipinski definition) is 3. The highest BCUT2D eigenvalue weighted by Crippen LogP contribution is 2.47. The maximum absolute atomic E-state index is 9.44. The van der Waals surface area contributed by atoms with E-state index in [-0.39, 0.29) is 6.61 Å². The molecule has 0 aromatic carbocycles. The third-order valence-electron chi connectivity index (χ3n) is 5.05. The Kier molecular flexibility index (Phi) is 5.14. The molecule has 0 amide bonds. The van der Waals surface area contributed by atoms with E-state index in [9.17, 15) is 5.11 Å². The van der Waals surface area contributed by atoms with Crippen LogP contribution in [-0.4, -0.2) is 48.3 Å². The third-order valence-corrected chi connectivity index (χ3v) is 5.05. The molecule has 0 radical (unpaired) electrons. The van der Waals surface area contributed by atoms with Gasteiger partial charge in [0.15, 0.2) is 0 Å². The van der Waals surface area contributed by atoms with E-state index < -0.39 is 0 Å². The first-order chi connectivity index (χ1) is 9.31. The maximum atomic E-state index is 9.44. The van der Waals surface area contributed by atoms with Crippen LogP contribution in [0.25, 0.3) is 0 Å². The highest BCUT2D eigenvalue weighted by atomic mass is 16.3. The van der Waals surface area contributed by atoms with Crippen molar-refractivity contribution in [1.82, 2.24) is 10.2 Å². The van der Waals surface area contributed by atoms with Gasteiger partial charge in [-0.3, -0.25) is 4.90 Å². The van der Waals surface area contributed by atoms with Crippen LogP contribution in [-0.2, 0) is 0 Å². The molecule has 0 bridgehead atoms. The molecule has 2 aliphatic rings. The largest absolute Gasteiger partial charge is 0.395 e. The third kappa shape index (κ3) is 4.44. The van der Waals surface area contributed by atoms with Gasteiger partial charge >= 0.3 is 0 Å². The van der Waals surface area contributed by atoms with Gasteiger partial charge in [0.25, 0.3) is 0 Å². The fraction of sp³-hybridized carbons (Fsp3) is 1.00. The monoisotopic (exact) mass is 282 g/mol. The molecule has 1 saturated carbocycles. The highest BCUT2D eigenvalue weighted by molar-refractivity contribution is 4.94. The molecule has 20 heavy (non-hydrogen) atoms. The van der Waals surface area contributed by atoms with E-state index in [1.165, 1.54) is 38.6 Å². The van der Waals surface area contributed by atoms with Crippen LogP contribution >= 0.6 is 0 Å². The van der Waals surface area contributed by atoms with Gasteiger partial charge in [-0.1, -0.05) is 27.7 Å². The summed E-state index contributed by atoms with van der Waals surface area (Å²) in [5.41, 5.74) is 0.840. The Balaban J connectivity index is 2.02. The minimum Gasteiger partial charge on any atom is -0.395 e. The van der Waals surface area contributed by atoms with Crippen molar-refractivity contribution in [1.29, 1.82) is 0 Å². The maximum Gasteiger partial charge on any atom is 0.0558 e. The lowest BCUT2D eigenvalue weighted by Gasteiger charge is -2.49. The topological polar surface area (TPSA) is 35.5 Å². The molecule has 0 aromatic rings. The number of nitrogens with one attached hydrogen (secondary N) is 1. The molecule has 2 fully saturated rings. The van der Waals surface area contributed by atoms with Gasteiger partial charge in [-0.15, -0.1) is 0 Å². The van der Waals surface area contributed by atoms with Gasteiger partial charge in [-0.2, -0.15) is 0 Å². The molecule has 1 unspecified atom stereocenters. The zero-order valence-electron chi connectivity index (χ0n) is 13.9. The minimum atomic E-state index is 0.282. The molecule has 1 aliphatic carbocycles. The predicted molar refractivity (Wildman–Crippen MR) is 84.9 cm³/mol. The van der Waals surface area contributed by atoms with Crippen LogP contribution in [0, 0.1) is 10.8 Å². The predicted octanol–water partition coefficient (Wildman–Crippen LogP) is 2.64. The summed E-state index contributed by atoms with van der Waals surface area (Å²) in [7, 11) is 0. The second-order valence-corrected chi connectivity index (χ2v) is 8.58. The van der Waals surface area contributed by atoms with Crippen LogP contribution in [0.4, 0.5) is 0 Å². The van der Waals surface area contributed by atoms with Crippen molar-refractivity contribution in [3.8, 4) is 0 Å². The molecule has 0 spiro atoms. The Morgan fingerprint density at radius 3 is 2.30 bits per heavy atom. The van der Waals surface area contributed by atoms with Crippen LogP contribution in [0.1, 0.15) is 59.8 Å². The second kappa shape index (κ2) is 6.33. The molecular formula is C17H34N2O. The molecule has 118 valence electrons. The quantitative estimate of drug-likeness (QED) is 0.814. The molecule has 2 rings (SSSR count). The van der Waals surface area contributed by atoms with Gasteiger partial charge in [-0.25, -0.2) is 0 Å². The van der Waals surface area contributed by atoms with Crippen molar-refractivity contribution in [2.24, 2.45) is 10.8 Å². The summed E-state index contributed by atoms with van der Waals surface area (Å²) in [6.07, 6.45) is 6.44. The van der Waals surface area contributed by atoms with Crippen molar-refractivity contribution < 1.29 is 5.11 Å². The normalized spacial score (nSPS) is 30.0. The summed E-state index contributed by atoms with van der Waals surface area (Å²) in [6, 6.07) is 1.26. The van der Waals surface area contributed by atoms with Gasteiger partial charge in [0.1, 0.15) is 0 Å². The summed E-state index contributed by atoms with van der Waals surface area (Å²) in [6.45, 7) is 13.0. The number of rotatable bonds is 5. The number of aliphatic hydroxyl groups excluding tert-OH is 1. The molecule has 2 N–H and O–H groups in total. The first-order valence-corrected chi connectivity index (χ1v) is 8.40. The van der Waals surface area contributed by atoms with E-state index in [0.29, 0.717) is 22.9 Å². The van der Waals surface area contributed by atoms with E-state index in [0.717, 1.165) is 13.1 Å². The Bertz CT molecular complexity index is 292. The van der Waals surface area contributed by atoms with Gasteiger partial charge in [0.2, 0.25) is 0 Å². The van der Waals surface area contributed by atoms with Crippen molar-refractivity contribution in [3.05, 3.63) is 0 Å². The van der Waals surface area contributed by atoms with Crippen molar-refractivity contribution in [2.45, 2.75) is 71.9 Å². The Labute approximate surface area is 125 Å². The smallest absolute Gasteiger partial charge is 0.0558 e. The lowest BCUT2D eigenvalue weighted by atomic mass is 9.63. The second-order valence-electron chi connectivity index (χ2n) is 8.58. The lowest BCUT2D eigenvalue weighted by molar-refractivity contribution is 0.0143. The molecule has 3 nitrogen and oxygen atoms in total. The summed E-state index contributed by atoms with van der Waals surface area (Å²) in [5.74, 6) is 0. The first-order valence-electron chi connectivity index (χ1n) is 8.40. The van der Waals surface area contributed by atoms with Crippen LogP contribution in [0.2, 0.25) is 0 Å². The Morgan fingerprint density at radius 2 is 1.80 bits per heavy atom. The minimum absolute atomic E-state index is 0.282. The van der Waals surface area contributed by atoms with E-state index >= 15 is 0 Å². The van der Waals surface area contributed by atoms with Crippen molar-refractivity contribution in [3.63, 3.8) is 0 Å². The number of nitrogens with zero attached hydrogens (tertiary/aromatic N) is 1. The van der Waals surface area contributed by atoms with Gasteiger partial charge < -0.3 is 10.4 Å². The van der Waals surface area contributed by atoms with Crippen molar-refractivity contribution in [2.75, 3.05) is 26.2 Å². The average molecular weight is 282 g/mol. The highest BCUT2D eigenvalue weighted by Gasteiger charge is 2.40. The number of aliphatic hydroxyl groups is 1. The fourth-order valence-electron chi connectivity index (χ4n) is 4.79. The molecule has 1 aliphatic heterocycles. The molecule has 1 saturated heterocycles. The Morgan fingerprint density at radius 1 is 1.15 bits per heavy atom. The standard InChI is InChI=1S/C17H34N2O/c1-16(2)10-15(11-17(3,4)13-16)19(8-9-20)12-14-6-5-7-18-14/h14-15,18,20H,5-13H2,1-4H3. The summed E-state index contributed by atoms with van der Waals surface area (Å²) in [5, 5.41) is 13.0. The van der Waals surface area contributed by atoms with Gasteiger partial charge in [0, 0.05) is 25.2 Å². The summed E-state index contributed by atoms with van der Waals surface area (Å²) >= 11 is 0. The van der Waals surface area contributed by atoms with Crippen LogP contribution in [0.5, 0.6) is 0 Å².